The van der Waals surface area contributed by atoms with Crippen molar-refractivity contribution >= 4 is 11.8 Å². The highest BCUT2D eigenvalue weighted by Crippen LogP contribution is 2.29. The Kier molecular flexibility index (Phi) is 8.19. The van der Waals surface area contributed by atoms with E-state index in [9.17, 15) is 14.0 Å². The molecule has 0 bridgehead atoms. The van der Waals surface area contributed by atoms with Crippen LogP contribution in [-0.2, 0) is 11.3 Å². The quantitative estimate of drug-likeness (QED) is 0.431. The zero-order valence-electron chi connectivity index (χ0n) is 19.9. The molecule has 1 aromatic heterocycles. The Morgan fingerprint density at radius 1 is 1.06 bits per heavy atom. The molecule has 0 radical (unpaired) electrons. The Morgan fingerprint density at radius 3 is 2.40 bits per heavy atom. The van der Waals surface area contributed by atoms with Gasteiger partial charge in [0.05, 0.1) is 12.9 Å². The molecule has 0 unspecified atom stereocenters. The van der Waals surface area contributed by atoms with Gasteiger partial charge in [-0.1, -0.05) is 43.5 Å². The van der Waals surface area contributed by atoms with Crippen molar-refractivity contribution in [2.45, 2.75) is 57.7 Å². The number of carbonyl (C=O) groups is 2. The molecular weight excluding hydrogens is 447 g/mol. The van der Waals surface area contributed by atoms with Crippen molar-refractivity contribution in [1.82, 2.24) is 10.2 Å². The third-order valence-corrected chi connectivity index (χ3v) is 6.28. The van der Waals surface area contributed by atoms with E-state index in [1.54, 1.807) is 36.4 Å². The minimum absolute atomic E-state index is 0.0767. The van der Waals surface area contributed by atoms with Crippen LogP contribution < -0.4 is 10.1 Å². The molecular formula is C28H31FN2O4. The maximum atomic E-state index is 13.8. The normalized spacial score (nSPS) is 14.8. The Balaban J connectivity index is 1.71. The van der Waals surface area contributed by atoms with Crippen molar-refractivity contribution in [1.29, 1.82) is 0 Å². The number of ether oxygens (including phenoxy) is 1. The molecule has 1 N–H and O–H groups in total. The summed E-state index contributed by atoms with van der Waals surface area (Å²) in [6.07, 6.45) is 6.59. The van der Waals surface area contributed by atoms with Gasteiger partial charge in [-0.2, -0.15) is 0 Å². The monoisotopic (exact) mass is 478 g/mol. The summed E-state index contributed by atoms with van der Waals surface area (Å²) in [4.78, 5) is 28.9. The predicted molar refractivity (Wildman–Crippen MR) is 130 cm³/mol. The van der Waals surface area contributed by atoms with Crippen molar-refractivity contribution in [3.05, 3.63) is 89.6 Å². The standard InChI is InChI=1S/C28H31FN2O4/c1-2-34-24-16-12-21(13-17-24)26(27(32)30-23-7-4-3-5-8-23)31(28(33)25-9-6-18-35-25)19-20-10-14-22(29)15-11-20/h6,9-18,23,26H,2-5,7-8,19H2,1H3,(H,30,32)/t26-/m1/s1. The zero-order chi connectivity index (χ0) is 24.6. The number of nitrogens with one attached hydrogen (secondary N) is 1. The summed E-state index contributed by atoms with van der Waals surface area (Å²) in [5, 5.41) is 3.18. The molecule has 0 spiro atoms. The first-order valence-corrected chi connectivity index (χ1v) is 12.2. The maximum absolute atomic E-state index is 13.8. The molecule has 1 atom stereocenters. The number of amides is 2. The number of halogens is 1. The zero-order valence-corrected chi connectivity index (χ0v) is 19.9. The Morgan fingerprint density at radius 2 is 1.77 bits per heavy atom. The number of benzene rings is 2. The van der Waals surface area contributed by atoms with E-state index in [4.69, 9.17) is 9.15 Å². The van der Waals surface area contributed by atoms with Crippen molar-refractivity contribution in [2.24, 2.45) is 0 Å². The van der Waals surface area contributed by atoms with Gasteiger partial charge in [-0.15, -0.1) is 0 Å². The number of furan rings is 1. The molecule has 4 rings (SSSR count). The topological polar surface area (TPSA) is 71.8 Å². The second-order valence-electron chi connectivity index (χ2n) is 8.78. The van der Waals surface area contributed by atoms with Gasteiger partial charge in [0, 0.05) is 12.6 Å². The van der Waals surface area contributed by atoms with Gasteiger partial charge < -0.3 is 19.4 Å². The SMILES string of the molecule is CCOc1ccc([C@H](C(=O)NC2CCCCC2)N(Cc2ccc(F)cc2)C(=O)c2ccco2)cc1. The second-order valence-corrected chi connectivity index (χ2v) is 8.78. The van der Waals surface area contributed by atoms with Gasteiger partial charge in [-0.3, -0.25) is 9.59 Å². The molecule has 35 heavy (non-hydrogen) atoms. The fourth-order valence-corrected chi connectivity index (χ4v) is 4.52. The summed E-state index contributed by atoms with van der Waals surface area (Å²) >= 11 is 0. The van der Waals surface area contributed by atoms with Gasteiger partial charge in [0.1, 0.15) is 17.6 Å². The van der Waals surface area contributed by atoms with Crippen LogP contribution in [0.2, 0.25) is 0 Å². The summed E-state index contributed by atoms with van der Waals surface area (Å²) in [6.45, 7) is 2.54. The van der Waals surface area contributed by atoms with Crippen LogP contribution in [0.5, 0.6) is 5.75 Å². The smallest absolute Gasteiger partial charge is 0.290 e. The highest BCUT2D eigenvalue weighted by atomic mass is 19.1. The summed E-state index contributed by atoms with van der Waals surface area (Å²) < 4.78 is 24.5. The number of carbonyl (C=O) groups excluding carboxylic acids is 2. The Bertz CT molecular complexity index is 1090. The summed E-state index contributed by atoms with van der Waals surface area (Å²) in [6, 6.07) is 15.5. The van der Waals surface area contributed by atoms with E-state index >= 15 is 0 Å². The molecule has 0 aliphatic heterocycles. The van der Waals surface area contributed by atoms with E-state index in [1.165, 1.54) is 29.7 Å². The fourth-order valence-electron chi connectivity index (χ4n) is 4.52. The first-order valence-electron chi connectivity index (χ1n) is 12.2. The third-order valence-electron chi connectivity index (χ3n) is 6.28. The van der Waals surface area contributed by atoms with Crippen LogP contribution in [-0.4, -0.2) is 29.4 Å². The fraction of sp³-hybridized carbons (Fsp3) is 0.357. The number of rotatable bonds is 9. The first kappa shape index (κ1) is 24.5. The van der Waals surface area contributed by atoms with Crippen LogP contribution >= 0.6 is 0 Å². The van der Waals surface area contributed by atoms with Crippen LogP contribution in [0.1, 0.15) is 66.8 Å². The average Bonchev–Trinajstić information content (AvgIpc) is 3.41. The molecule has 2 aromatic carbocycles. The highest BCUT2D eigenvalue weighted by Gasteiger charge is 2.34. The van der Waals surface area contributed by atoms with E-state index in [0.717, 1.165) is 25.7 Å². The molecule has 0 saturated heterocycles. The summed E-state index contributed by atoms with van der Waals surface area (Å²) in [5.41, 5.74) is 1.36. The van der Waals surface area contributed by atoms with Crippen LogP contribution in [0.4, 0.5) is 4.39 Å². The van der Waals surface area contributed by atoms with E-state index in [-0.39, 0.29) is 30.1 Å². The molecule has 1 heterocycles. The molecule has 1 fully saturated rings. The maximum Gasteiger partial charge on any atom is 0.290 e. The average molecular weight is 479 g/mol. The molecule has 6 nitrogen and oxygen atoms in total. The van der Waals surface area contributed by atoms with E-state index in [2.05, 4.69) is 5.32 Å². The number of nitrogens with zero attached hydrogens (tertiary/aromatic N) is 1. The molecule has 3 aromatic rings. The summed E-state index contributed by atoms with van der Waals surface area (Å²) in [5.74, 6) is -0.213. The van der Waals surface area contributed by atoms with Crippen molar-refractivity contribution < 1.29 is 23.1 Å². The molecule has 184 valence electrons. The predicted octanol–water partition coefficient (Wildman–Crippen LogP) is 5.65. The lowest BCUT2D eigenvalue weighted by Gasteiger charge is -2.33. The number of hydrogen-bond donors (Lipinski definition) is 1. The van der Waals surface area contributed by atoms with Crippen molar-refractivity contribution in [3.63, 3.8) is 0 Å². The van der Waals surface area contributed by atoms with Gasteiger partial charge in [0.15, 0.2) is 5.76 Å². The second kappa shape index (κ2) is 11.7. The van der Waals surface area contributed by atoms with Crippen LogP contribution in [0.25, 0.3) is 0 Å². The van der Waals surface area contributed by atoms with Gasteiger partial charge in [0.2, 0.25) is 5.91 Å². The minimum Gasteiger partial charge on any atom is -0.494 e. The van der Waals surface area contributed by atoms with Gasteiger partial charge >= 0.3 is 0 Å². The molecule has 1 saturated carbocycles. The first-order chi connectivity index (χ1) is 17.0. The summed E-state index contributed by atoms with van der Waals surface area (Å²) in [7, 11) is 0. The van der Waals surface area contributed by atoms with E-state index in [0.29, 0.717) is 23.5 Å². The van der Waals surface area contributed by atoms with Gasteiger partial charge in [0.25, 0.3) is 5.91 Å². The largest absolute Gasteiger partial charge is 0.494 e. The van der Waals surface area contributed by atoms with E-state index in [1.807, 2.05) is 19.1 Å². The molecule has 1 aliphatic rings. The lowest BCUT2D eigenvalue weighted by Crippen LogP contribution is -2.46. The van der Waals surface area contributed by atoms with Gasteiger partial charge in [-0.05, 0) is 67.3 Å². The Labute approximate surface area is 205 Å². The number of hydrogen-bond acceptors (Lipinski definition) is 4. The molecule has 7 heteroatoms. The van der Waals surface area contributed by atoms with Gasteiger partial charge in [-0.25, -0.2) is 4.39 Å². The van der Waals surface area contributed by atoms with Crippen LogP contribution in [0, 0.1) is 5.82 Å². The minimum atomic E-state index is -0.907. The highest BCUT2D eigenvalue weighted by molar-refractivity contribution is 5.96. The lowest BCUT2D eigenvalue weighted by molar-refractivity contribution is -0.127. The third kappa shape index (κ3) is 6.29. The van der Waals surface area contributed by atoms with Crippen molar-refractivity contribution in [2.75, 3.05) is 6.61 Å². The lowest BCUT2D eigenvalue weighted by atomic mass is 9.94. The van der Waals surface area contributed by atoms with Crippen LogP contribution in [0.15, 0.2) is 71.3 Å². The molecule has 1 aliphatic carbocycles. The molecule has 2 amide bonds. The Hall–Kier alpha value is -3.61. The van der Waals surface area contributed by atoms with Crippen molar-refractivity contribution in [3.8, 4) is 5.75 Å². The van der Waals surface area contributed by atoms with Crippen LogP contribution in [0.3, 0.4) is 0 Å². The van der Waals surface area contributed by atoms with E-state index < -0.39 is 11.9 Å².